The SMILES string of the molecule is Cc1ccc([C@H]2CC(=O)C([Si](C)(C)C)=CN2C(=O)O[C@@H]2C[C@H](C)CC[C@H]2C(C)C)cc1. The van der Waals surface area contributed by atoms with E-state index in [-0.39, 0.29) is 24.0 Å². The van der Waals surface area contributed by atoms with E-state index in [1.807, 2.05) is 37.4 Å². The van der Waals surface area contributed by atoms with Gasteiger partial charge in [-0.1, -0.05) is 76.7 Å². The molecule has 1 saturated carbocycles. The first-order valence-corrected chi connectivity index (χ1v) is 15.3. The Morgan fingerprint density at radius 1 is 1.13 bits per heavy atom. The molecular weight excluding hydrogens is 402 g/mol. The third kappa shape index (κ3) is 5.49. The minimum absolute atomic E-state index is 0.0590. The predicted octanol–water partition coefficient (Wildman–Crippen LogP) is 6.67. The van der Waals surface area contributed by atoms with Gasteiger partial charge < -0.3 is 4.74 Å². The van der Waals surface area contributed by atoms with Gasteiger partial charge in [-0.05, 0) is 48.3 Å². The molecule has 0 saturated heterocycles. The highest BCUT2D eigenvalue weighted by molar-refractivity contribution is 6.87. The summed E-state index contributed by atoms with van der Waals surface area (Å²) in [5.41, 5.74) is 2.15. The molecule has 1 heterocycles. The lowest BCUT2D eigenvalue weighted by atomic mass is 9.75. The Morgan fingerprint density at radius 2 is 1.77 bits per heavy atom. The summed E-state index contributed by atoms with van der Waals surface area (Å²) in [5.74, 6) is 1.61. The zero-order chi connectivity index (χ0) is 22.9. The topological polar surface area (TPSA) is 46.6 Å². The number of carbonyl (C=O) groups excluding carboxylic acids is 2. The van der Waals surface area contributed by atoms with Crippen LogP contribution in [0.1, 0.15) is 63.6 Å². The van der Waals surface area contributed by atoms with Crippen LogP contribution in [-0.4, -0.2) is 31.0 Å². The van der Waals surface area contributed by atoms with E-state index in [0.717, 1.165) is 29.2 Å². The van der Waals surface area contributed by atoms with Gasteiger partial charge >= 0.3 is 6.09 Å². The van der Waals surface area contributed by atoms with Gasteiger partial charge in [0.1, 0.15) is 6.10 Å². The number of Topliss-reactive ketones (excluding diaryl/α,β-unsaturated/α-hetero) is 1. The van der Waals surface area contributed by atoms with Crippen molar-refractivity contribution in [2.75, 3.05) is 0 Å². The van der Waals surface area contributed by atoms with Gasteiger partial charge in [0.05, 0.1) is 14.1 Å². The number of ether oxygens (including phenoxy) is 1. The lowest BCUT2D eigenvalue weighted by molar-refractivity contribution is -0.116. The van der Waals surface area contributed by atoms with Crippen LogP contribution in [0.15, 0.2) is 35.7 Å². The van der Waals surface area contributed by atoms with Crippen molar-refractivity contribution in [1.82, 2.24) is 4.90 Å². The predicted molar refractivity (Wildman–Crippen MR) is 128 cm³/mol. The molecule has 4 nitrogen and oxygen atoms in total. The molecule has 1 amide bonds. The molecule has 0 radical (unpaired) electrons. The molecule has 1 aliphatic carbocycles. The average Bonchev–Trinajstić information content (AvgIpc) is 2.67. The highest BCUT2D eigenvalue weighted by atomic mass is 28.3. The van der Waals surface area contributed by atoms with Crippen molar-refractivity contribution >= 4 is 20.0 Å². The van der Waals surface area contributed by atoms with Crippen molar-refractivity contribution in [3.63, 3.8) is 0 Å². The number of aryl methyl sites for hydroxylation is 1. The number of benzene rings is 1. The van der Waals surface area contributed by atoms with Crippen LogP contribution in [0.5, 0.6) is 0 Å². The molecule has 0 aromatic heterocycles. The van der Waals surface area contributed by atoms with E-state index in [9.17, 15) is 9.59 Å². The first-order chi connectivity index (χ1) is 14.5. The summed E-state index contributed by atoms with van der Waals surface area (Å²) in [6.45, 7) is 15.2. The molecule has 1 fully saturated rings. The Balaban J connectivity index is 1.93. The number of allylic oxidation sites excluding steroid dienone is 1. The lowest BCUT2D eigenvalue weighted by Gasteiger charge is -2.40. The maximum atomic E-state index is 13.5. The van der Waals surface area contributed by atoms with E-state index in [0.29, 0.717) is 24.2 Å². The van der Waals surface area contributed by atoms with Gasteiger partial charge in [-0.25, -0.2) is 4.79 Å². The second-order valence-corrected chi connectivity index (χ2v) is 16.0. The van der Waals surface area contributed by atoms with Crippen LogP contribution >= 0.6 is 0 Å². The van der Waals surface area contributed by atoms with Crippen molar-refractivity contribution in [2.45, 2.75) is 85.2 Å². The third-order valence-electron chi connectivity index (χ3n) is 6.98. The number of ketones is 1. The zero-order valence-corrected chi connectivity index (χ0v) is 21.3. The summed E-state index contributed by atoms with van der Waals surface area (Å²) in [6.07, 6.45) is 4.99. The van der Waals surface area contributed by atoms with E-state index >= 15 is 0 Å². The molecule has 1 aliphatic heterocycles. The fourth-order valence-electron chi connectivity index (χ4n) is 4.98. The number of rotatable bonds is 4. The summed E-state index contributed by atoms with van der Waals surface area (Å²) in [5, 5.41) is 0.824. The normalized spacial score (nSPS) is 27.3. The first-order valence-electron chi connectivity index (χ1n) is 11.8. The van der Waals surface area contributed by atoms with Crippen LogP contribution in [0.3, 0.4) is 0 Å². The van der Waals surface area contributed by atoms with Crippen molar-refractivity contribution in [3.8, 4) is 0 Å². The lowest BCUT2D eigenvalue weighted by Crippen LogP contribution is -2.44. The number of nitrogens with zero attached hydrogens (tertiary/aromatic N) is 1. The highest BCUT2D eigenvalue weighted by Crippen LogP contribution is 2.38. The van der Waals surface area contributed by atoms with E-state index in [1.54, 1.807) is 4.90 Å². The summed E-state index contributed by atoms with van der Waals surface area (Å²) < 4.78 is 6.19. The molecule has 31 heavy (non-hydrogen) atoms. The summed E-state index contributed by atoms with van der Waals surface area (Å²) >= 11 is 0. The first kappa shape index (κ1) is 23.8. The Hall–Kier alpha value is -1.88. The maximum Gasteiger partial charge on any atom is 0.414 e. The molecule has 1 aromatic rings. The largest absolute Gasteiger partial charge is 0.446 e. The van der Waals surface area contributed by atoms with Gasteiger partial charge in [0.25, 0.3) is 0 Å². The molecular formula is C26H39NO3Si. The van der Waals surface area contributed by atoms with Gasteiger partial charge in [-0.2, -0.15) is 0 Å². The highest BCUT2D eigenvalue weighted by Gasteiger charge is 2.40. The quantitative estimate of drug-likeness (QED) is 0.490. The van der Waals surface area contributed by atoms with Crippen LogP contribution in [-0.2, 0) is 9.53 Å². The maximum absolute atomic E-state index is 13.5. The van der Waals surface area contributed by atoms with Gasteiger partial charge in [0.15, 0.2) is 5.78 Å². The van der Waals surface area contributed by atoms with Crippen LogP contribution < -0.4 is 0 Å². The van der Waals surface area contributed by atoms with Gasteiger partial charge in [0, 0.05) is 12.6 Å². The van der Waals surface area contributed by atoms with Crippen molar-refractivity contribution in [1.29, 1.82) is 0 Å². The van der Waals surface area contributed by atoms with Gasteiger partial charge in [-0.3, -0.25) is 9.69 Å². The Labute approximate surface area is 189 Å². The number of hydrogen-bond donors (Lipinski definition) is 0. The van der Waals surface area contributed by atoms with E-state index in [1.165, 1.54) is 6.42 Å². The molecule has 0 unspecified atom stereocenters. The molecule has 0 bridgehead atoms. The molecule has 0 spiro atoms. The van der Waals surface area contributed by atoms with E-state index in [2.05, 4.69) is 40.4 Å². The molecule has 2 aliphatic rings. The van der Waals surface area contributed by atoms with Gasteiger partial charge in [-0.15, -0.1) is 0 Å². The summed E-state index contributed by atoms with van der Waals surface area (Å²) in [4.78, 5) is 28.3. The van der Waals surface area contributed by atoms with Crippen molar-refractivity contribution in [2.24, 2.45) is 17.8 Å². The minimum Gasteiger partial charge on any atom is -0.446 e. The molecule has 3 rings (SSSR count). The second kappa shape index (κ2) is 9.31. The van der Waals surface area contributed by atoms with Crippen LogP contribution in [0.4, 0.5) is 4.79 Å². The average molecular weight is 442 g/mol. The number of carbonyl (C=O) groups is 2. The molecule has 170 valence electrons. The molecule has 4 atom stereocenters. The van der Waals surface area contributed by atoms with Crippen LogP contribution in [0, 0.1) is 24.7 Å². The Kier molecular flexibility index (Phi) is 7.14. The zero-order valence-electron chi connectivity index (χ0n) is 20.3. The Bertz CT molecular complexity index is 837. The van der Waals surface area contributed by atoms with E-state index < -0.39 is 8.07 Å². The molecule has 0 N–H and O–H groups in total. The Morgan fingerprint density at radius 3 is 2.35 bits per heavy atom. The van der Waals surface area contributed by atoms with Gasteiger partial charge in [0.2, 0.25) is 0 Å². The van der Waals surface area contributed by atoms with Crippen molar-refractivity contribution in [3.05, 3.63) is 46.8 Å². The molecule has 5 heteroatoms. The molecule has 1 aromatic carbocycles. The van der Waals surface area contributed by atoms with Crippen molar-refractivity contribution < 1.29 is 14.3 Å². The fourth-order valence-corrected chi connectivity index (χ4v) is 6.45. The van der Waals surface area contributed by atoms with E-state index in [4.69, 9.17) is 4.74 Å². The minimum atomic E-state index is -1.88. The smallest absolute Gasteiger partial charge is 0.414 e. The standard InChI is InChI=1S/C26H39NO3Si/c1-17(2)21-13-10-19(4)14-24(21)30-26(29)27-16-25(31(5,6)7)23(28)15-22(27)20-11-8-18(3)9-12-20/h8-9,11-12,16-17,19,21-22,24H,10,13-15H2,1-7H3/t19-,21+,22-,24-/m1/s1. The van der Waals surface area contributed by atoms with Crippen LogP contribution in [0.25, 0.3) is 0 Å². The summed E-state index contributed by atoms with van der Waals surface area (Å²) in [6, 6.07) is 7.83. The second-order valence-electron chi connectivity index (χ2n) is 11.0. The monoisotopic (exact) mass is 441 g/mol. The summed E-state index contributed by atoms with van der Waals surface area (Å²) in [7, 11) is -1.88. The number of hydrogen-bond acceptors (Lipinski definition) is 3. The third-order valence-corrected chi connectivity index (χ3v) is 9.00. The fraction of sp³-hybridized carbons (Fsp3) is 0.615. The van der Waals surface area contributed by atoms with Crippen LogP contribution in [0.2, 0.25) is 19.6 Å². The number of amides is 1.